The van der Waals surface area contributed by atoms with Crippen LogP contribution in [-0.2, 0) is 9.53 Å². The highest BCUT2D eigenvalue weighted by molar-refractivity contribution is 6.43. The molecule has 21 heavy (non-hydrogen) atoms. The predicted molar refractivity (Wildman–Crippen MR) is 78.6 cm³/mol. The largest absolute Gasteiger partial charge is 0.449 e. The number of hydrogen-bond acceptors (Lipinski definition) is 4. The van der Waals surface area contributed by atoms with Crippen LogP contribution in [0.3, 0.4) is 0 Å². The van der Waals surface area contributed by atoms with Crippen molar-refractivity contribution in [1.29, 1.82) is 0 Å². The maximum absolute atomic E-state index is 11.9. The van der Waals surface area contributed by atoms with E-state index in [4.69, 9.17) is 27.9 Å². The molecule has 1 atom stereocenters. The lowest BCUT2D eigenvalue weighted by atomic mass is 10.2. The Balaban J connectivity index is 2.68. The van der Waals surface area contributed by atoms with Gasteiger partial charge < -0.3 is 10.1 Å². The van der Waals surface area contributed by atoms with Gasteiger partial charge in [0.05, 0.1) is 15.6 Å². The van der Waals surface area contributed by atoms with Crippen LogP contribution in [0.1, 0.15) is 24.2 Å². The minimum absolute atomic E-state index is 0.0421. The molecule has 0 aromatic heterocycles. The summed E-state index contributed by atoms with van der Waals surface area (Å²) in [5.74, 6) is -1.55. The SMILES string of the molecule is CCNC(=O)NC(=O)[C@H](C)OC(=O)c1cccc(Cl)c1Cl. The van der Waals surface area contributed by atoms with Gasteiger partial charge in [0, 0.05) is 6.54 Å². The van der Waals surface area contributed by atoms with E-state index in [9.17, 15) is 14.4 Å². The summed E-state index contributed by atoms with van der Waals surface area (Å²) in [5, 5.41) is 4.66. The molecule has 0 spiro atoms. The van der Waals surface area contributed by atoms with Crippen LogP contribution in [0.15, 0.2) is 18.2 Å². The fraction of sp³-hybridized carbons (Fsp3) is 0.308. The van der Waals surface area contributed by atoms with Crippen LogP contribution < -0.4 is 10.6 Å². The van der Waals surface area contributed by atoms with Gasteiger partial charge in [-0.3, -0.25) is 10.1 Å². The quantitative estimate of drug-likeness (QED) is 0.829. The standard InChI is InChI=1S/C13H14Cl2N2O4/c1-3-16-13(20)17-11(18)7(2)21-12(19)8-5-4-6-9(14)10(8)15/h4-7H,3H2,1-2H3,(H2,16,17,18,20)/t7-/m0/s1. The second-order valence-corrected chi connectivity index (χ2v) is 4.78. The van der Waals surface area contributed by atoms with Crippen molar-refractivity contribution in [2.24, 2.45) is 0 Å². The van der Waals surface area contributed by atoms with Crippen LogP contribution in [0.5, 0.6) is 0 Å². The Morgan fingerprint density at radius 3 is 2.57 bits per heavy atom. The molecule has 0 saturated carbocycles. The number of rotatable bonds is 4. The molecule has 1 aromatic carbocycles. The summed E-state index contributed by atoms with van der Waals surface area (Å²) in [5.41, 5.74) is 0.0434. The van der Waals surface area contributed by atoms with Crippen LogP contribution >= 0.6 is 23.2 Å². The summed E-state index contributed by atoms with van der Waals surface area (Å²) >= 11 is 11.7. The molecule has 2 N–H and O–H groups in total. The Labute approximate surface area is 131 Å². The molecule has 0 fully saturated rings. The normalized spacial score (nSPS) is 11.4. The monoisotopic (exact) mass is 332 g/mol. The van der Waals surface area contributed by atoms with Gasteiger partial charge in [-0.2, -0.15) is 0 Å². The van der Waals surface area contributed by atoms with Crippen LogP contribution in [0.25, 0.3) is 0 Å². The molecule has 6 nitrogen and oxygen atoms in total. The molecule has 0 bridgehead atoms. The van der Waals surface area contributed by atoms with Gasteiger partial charge in [-0.05, 0) is 26.0 Å². The van der Waals surface area contributed by atoms with Crippen molar-refractivity contribution in [1.82, 2.24) is 10.6 Å². The number of amides is 3. The molecule has 1 aromatic rings. The molecule has 3 amide bonds. The van der Waals surface area contributed by atoms with E-state index in [1.807, 2.05) is 5.32 Å². The van der Waals surface area contributed by atoms with Crippen LogP contribution in [0.4, 0.5) is 4.79 Å². The Morgan fingerprint density at radius 2 is 1.95 bits per heavy atom. The number of nitrogens with one attached hydrogen (secondary N) is 2. The minimum atomic E-state index is -1.16. The highest BCUT2D eigenvalue weighted by Gasteiger charge is 2.22. The van der Waals surface area contributed by atoms with Crippen molar-refractivity contribution in [2.45, 2.75) is 20.0 Å². The molecule has 0 aliphatic rings. The Kier molecular flexibility index (Phi) is 6.45. The lowest BCUT2D eigenvalue weighted by Gasteiger charge is -2.13. The second kappa shape index (κ2) is 7.85. The average Bonchev–Trinajstić information content (AvgIpc) is 2.41. The summed E-state index contributed by atoms with van der Waals surface area (Å²) in [4.78, 5) is 34.7. The van der Waals surface area contributed by atoms with Crippen LogP contribution in [-0.4, -0.2) is 30.6 Å². The van der Waals surface area contributed by atoms with E-state index in [0.717, 1.165) is 0 Å². The molecule has 0 aliphatic carbocycles. The van der Waals surface area contributed by atoms with Crippen LogP contribution in [0.2, 0.25) is 10.0 Å². The van der Waals surface area contributed by atoms with Crippen molar-refractivity contribution in [3.8, 4) is 0 Å². The fourth-order valence-corrected chi connectivity index (χ4v) is 1.73. The number of imide groups is 1. The van der Waals surface area contributed by atoms with Gasteiger partial charge >= 0.3 is 12.0 Å². The minimum Gasteiger partial charge on any atom is -0.449 e. The molecular formula is C13H14Cl2N2O4. The van der Waals surface area contributed by atoms with Gasteiger partial charge in [-0.1, -0.05) is 29.3 Å². The first-order valence-corrected chi connectivity index (χ1v) is 6.86. The van der Waals surface area contributed by atoms with E-state index in [-0.39, 0.29) is 15.6 Å². The van der Waals surface area contributed by atoms with Gasteiger partial charge in [0.2, 0.25) is 0 Å². The topological polar surface area (TPSA) is 84.5 Å². The lowest BCUT2D eigenvalue weighted by molar-refractivity contribution is -0.127. The van der Waals surface area contributed by atoms with Crippen molar-refractivity contribution in [2.75, 3.05) is 6.54 Å². The second-order valence-electron chi connectivity index (χ2n) is 4.00. The van der Waals surface area contributed by atoms with Gasteiger partial charge in [-0.25, -0.2) is 9.59 Å². The van der Waals surface area contributed by atoms with Crippen molar-refractivity contribution >= 4 is 41.1 Å². The average molecular weight is 333 g/mol. The number of carbonyl (C=O) groups is 3. The van der Waals surface area contributed by atoms with E-state index >= 15 is 0 Å². The number of halogens is 2. The van der Waals surface area contributed by atoms with Crippen molar-refractivity contribution < 1.29 is 19.1 Å². The molecule has 0 heterocycles. The summed E-state index contributed by atoms with van der Waals surface area (Å²) in [6.45, 7) is 3.41. The predicted octanol–water partition coefficient (Wildman–Crippen LogP) is 2.38. The molecule has 0 radical (unpaired) electrons. The number of benzene rings is 1. The molecular weight excluding hydrogens is 319 g/mol. The van der Waals surface area contributed by atoms with Crippen molar-refractivity contribution in [3.05, 3.63) is 33.8 Å². The summed E-state index contributed by atoms with van der Waals surface area (Å²) in [6, 6.07) is 3.81. The van der Waals surface area contributed by atoms with Gasteiger partial charge in [0.25, 0.3) is 5.91 Å². The number of urea groups is 1. The van der Waals surface area contributed by atoms with E-state index in [1.165, 1.54) is 25.1 Å². The van der Waals surface area contributed by atoms with Gasteiger partial charge in [0.1, 0.15) is 0 Å². The smallest absolute Gasteiger partial charge is 0.340 e. The van der Waals surface area contributed by atoms with Gasteiger partial charge in [-0.15, -0.1) is 0 Å². The molecule has 8 heteroatoms. The third kappa shape index (κ3) is 4.91. The first-order valence-electron chi connectivity index (χ1n) is 6.10. The Morgan fingerprint density at radius 1 is 1.29 bits per heavy atom. The first-order chi connectivity index (χ1) is 9.86. The number of esters is 1. The van der Waals surface area contributed by atoms with Crippen LogP contribution in [0, 0.1) is 0 Å². The molecule has 1 rings (SSSR count). The summed E-state index contributed by atoms with van der Waals surface area (Å²) in [6.07, 6.45) is -1.16. The summed E-state index contributed by atoms with van der Waals surface area (Å²) in [7, 11) is 0. The van der Waals surface area contributed by atoms with Gasteiger partial charge in [0.15, 0.2) is 6.10 Å². The lowest BCUT2D eigenvalue weighted by Crippen LogP contribution is -2.44. The fourth-order valence-electron chi connectivity index (χ4n) is 1.36. The Hall–Kier alpha value is -1.79. The molecule has 0 unspecified atom stereocenters. The molecule has 0 saturated heterocycles. The molecule has 114 valence electrons. The van der Waals surface area contributed by atoms with E-state index in [1.54, 1.807) is 6.92 Å². The highest BCUT2D eigenvalue weighted by Crippen LogP contribution is 2.26. The van der Waals surface area contributed by atoms with E-state index in [0.29, 0.717) is 6.54 Å². The third-order valence-corrected chi connectivity index (χ3v) is 3.22. The summed E-state index contributed by atoms with van der Waals surface area (Å²) < 4.78 is 4.94. The number of hydrogen-bond donors (Lipinski definition) is 2. The van der Waals surface area contributed by atoms with E-state index in [2.05, 4.69) is 5.32 Å². The maximum Gasteiger partial charge on any atom is 0.340 e. The zero-order valence-corrected chi connectivity index (χ0v) is 12.9. The third-order valence-electron chi connectivity index (χ3n) is 2.40. The Bertz CT molecular complexity index is 563. The van der Waals surface area contributed by atoms with E-state index < -0.39 is 24.0 Å². The van der Waals surface area contributed by atoms with Crippen molar-refractivity contribution in [3.63, 3.8) is 0 Å². The number of carbonyl (C=O) groups excluding carboxylic acids is 3. The number of ether oxygens (including phenoxy) is 1. The first kappa shape index (κ1) is 17.3. The zero-order valence-electron chi connectivity index (χ0n) is 11.4. The molecule has 0 aliphatic heterocycles. The highest BCUT2D eigenvalue weighted by atomic mass is 35.5. The maximum atomic E-state index is 11.9. The zero-order chi connectivity index (χ0) is 16.0.